The summed E-state index contributed by atoms with van der Waals surface area (Å²) < 4.78 is 65.5. The van der Waals surface area contributed by atoms with Gasteiger partial charge in [0.25, 0.3) is 0 Å². The quantitative estimate of drug-likeness (QED) is 0.556. The summed E-state index contributed by atoms with van der Waals surface area (Å²) in [5, 5.41) is -0.241. The molecular weight excluding hydrogens is 384 g/mol. The van der Waals surface area contributed by atoms with Gasteiger partial charge < -0.3 is 4.55 Å². The van der Waals surface area contributed by atoms with Gasteiger partial charge in [0, 0.05) is 0 Å². The van der Waals surface area contributed by atoms with Crippen molar-refractivity contribution < 1.29 is 25.6 Å². The lowest BCUT2D eigenvalue weighted by Gasteiger charge is -2.04. The van der Waals surface area contributed by atoms with Gasteiger partial charge in [-0.2, -0.15) is 0 Å². The molecule has 2 rings (SSSR count). The highest BCUT2D eigenvalue weighted by Gasteiger charge is 2.25. The van der Waals surface area contributed by atoms with Gasteiger partial charge in [-0.3, -0.25) is 0 Å². The molecule has 0 saturated carbocycles. The molecule has 0 aliphatic rings. The maximum absolute atomic E-state index is 11.6. The first-order valence-corrected chi connectivity index (χ1v) is 12.8. The Balaban J connectivity index is 0.000000271. The molecule has 0 heterocycles. The van der Waals surface area contributed by atoms with Crippen LogP contribution in [0.15, 0.2) is 65.6 Å². The summed E-state index contributed by atoms with van der Waals surface area (Å²) in [5.41, 5.74) is 0.737. The molecule has 0 aliphatic heterocycles. The van der Waals surface area contributed by atoms with E-state index in [0.717, 1.165) is 5.56 Å². The Morgan fingerprint density at radius 1 is 0.840 bits per heavy atom. The van der Waals surface area contributed by atoms with Crippen LogP contribution >= 0.6 is 0 Å². The van der Waals surface area contributed by atoms with E-state index in [4.69, 9.17) is 0 Å². The van der Waals surface area contributed by atoms with E-state index in [1.54, 1.807) is 30.3 Å². The summed E-state index contributed by atoms with van der Waals surface area (Å²) in [6.45, 7) is 0. The Morgan fingerprint density at radius 3 is 1.64 bits per heavy atom. The van der Waals surface area contributed by atoms with Gasteiger partial charge in [-0.25, -0.2) is 16.8 Å². The molecule has 0 saturated heterocycles. The highest BCUT2D eigenvalue weighted by atomic mass is 32.3. The fourth-order valence-corrected chi connectivity index (χ4v) is 6.87. The highest BCUT2D eigenvalue weighted by molar-refractivity contribution is 8.13. The summed E-state index contributed by atoms with van der Waals surface area (Å²) in [4.78, 5) is -0.185. The van der Waals surface area contributed by atoms with Gasteiger partial charge in [-0.15, -0.1) is 4.21 Å². The molecule has 0 aromatic heterocycles. The number of benzene rings is 2. The molecule has 0 amide bonds. The van der Waals surface area contributed by atoms with Crippen LogP contribution in [0, 0.1) is 0 Å². The van der Waals surface area contributed by atoms with E-state index < -0.39 is 29.9 Å². The monoisotopic (exact) mass is 404 g/mol. The maximum atomic E-state index is 11.6. The van der Waals surface area contributed by atoms with E-state index in [2.05, 4.69) is 0 Å². The lowest BCUT2D eigenvalue weighted by molar-refractivity contribution is 0.463. The number of sulfone groups is 1. The van der Waals surface area contributed by atoms with E-state index in [1.165, 1.54) is 36.8 Å². The molecule has 9 heteroatoms. The van der Waals surface area contributed by atoms with Crippen molar-refractivity contribution in [1.29, 1.82) is 0 Å². The van der Waals surface area contributed by atoms with Gasteiger partial charge in [0.05, 0.1) is 20.6 Å². The van der Waals surface area contributed by atoms with E-state index in [1.807, 2.05) is 6.07 Å². The molecule has 0 unspecified atom stereocenters. The Hall–Kier alpha value is -1.55. The molecule has 2 aromatic carbocycles. The van der Waals surface area contributed by atoms with Gasteiger partial charge in [-0.1, -0.05) is 48.5 Å². The van der Waals surface area contributed by atoms with E-state index >= 15 is 0 Å². The predicted molar refractivity (Wildman–Crippen MR) is 98.2 cm³/mol. The summed E-state index contributed by atoms with van der Waals surface area (Å²) in [5.74, 6) is -0.0352. The van der Waals surface area contributed by atoms with E-state index in [-0.39, 0.29) is 15.7 Å². The van der Waals surface area contributed by atoms with Crippen LogP contribution < -0.4 is 0 Å². The predicted octanol–water partition coefficient (Wildman–Crippen LogP) is 1.91. The largest absolute Gasteiger partial charge is 0.744 e. The molecule has 0 N–H and O–H groups in total. The van der Waals surface area contributed by atoms with Crippen molar-refractivity contribution in [3.63, 3.8) is 0 Å². The van der Waals surface area contributed by atoms with Crippen LogP contribution in [0.2, 0.25) is 0 Å². The van der Waals surface area contributed by atoms with Crippen molar-refractivity contribution in [2.24, 2.45) is 0 Å². The Labute approximate surface area is 150 Å². The normalized spacial score (nSPS) is 12.1. The standard InChI is InChI=1S/C10H15O3S2.C6H6O3S/c1-14(2,11)9-15(12,13)8-10-6-4-3-5-7-10;7-10(8,9)6-4-2-1-3-5-6/h3-7H,8-9H2,1-2H3;1-5H,(H,7,8,9)/q+1;/p-1. The van der Waals surface area contributed by atoms with Gasteiger partial charge in [0.1, 0.15) is 22.6 Å². The van der Waals surface area contributed by atoms with Crippen molar-refractivity contribution in [2.45, 2.75) is 10.6 Å². The lowest BCUT2D eigenvalue weighted by Crippen LogP contribution is -2.21. The SMILES string of the molecule is C[S+](C)(=O)CS(=O)(=O)Cc1ccccc1.O=S(=O)([O-])c1ccccc1. The third-order valence-electron chi connectivity index (χ3n) is 2.72. The Morgan fingerprint density at radius 2 is 1.28 bits per heavy atom. The smallest absolute Gasteiger partial charge is 0.211 e. The van der Waals surface area contributed by atoms with Crippen molar-refractivity contribution >= 4 is 29.9 Å². The van der Waals surface area contributed by atoms with Gasteiger partial charge in [0.15, 0.2) is 9.84 Å². The van der Waals surface area contributed by atoms with Crippen LogP contribution in [0.3, 0.4) is 0 Å². The molecule has 0 atom stereocenters. The third kappa shape index (κ3) is 9.49. The molecule has 0 spiro atoms. The van der Waals surface area contributed by atoms with Crippen molar-refractivity contribution in [2.75, 3.05) is 17.6 Å². The minimum atomic E-state index is -4.25. The first-order chi connectivity index (χ1) is 11.4. The van der Waals surface area contributed by atoms with Gasteiger partial charge in [-0.05, 0) is 17.7 Å². The van der Waals surface area contributed by atoms with Crippen LogP contribution in [-0.4, -0.2) is 39.0 Å². The van der Waals surface area contributed by atoms with E-state index in [9.17, 15) is 25.6 Å². The number of hydrogen-bond donors (Lipinski definition) is 0. The number of rotatable bonds is 5. The van der Waals surface area contributed by atoms with Gasteiger partial charge >= 0.3 is 0 Å². The molecular formula is C16H20O6S3. The summed E-state index contributed by atoms with van der Waals surface area (Å²) >= 11 is 0. The summed E-state index contributed by atoms with van der Waals surface area (Å²) in [6.07, 6.45) is 2.94. The van der Waals surface area contributed by atoms with Crippen molar-refractivity contribution in [1.82, 2.24) is 0 Å². The fraction of sp³-hybridized carbons (Fsp3) is 0.250. The van der Waals surface area contributed by atoms with Gasteiger partial charge in [0.2, 0.25) is 5.08 Å². The summed E-state index contributed by atoms with van der Waals surface area (Å²) in [6, 6.07) is 16.1. The van der Waals surface area contributed by atoms with Crippen molar-refractivity contribution in [3.8, 4) is 0 Å². The first kappa shape index (κ1) is 21.5. The molecule has 138 valence electrons. The molecule has 6 nitrogen and oxygen atoms in total. The zero-order valence-electron chi connectivity index (χ0n) is 13.9. The molecule has 0 fully saturated rings. The summed E-state index contributed by atoms with van der Waals surface area (Å²) in [7, 11) is -9.76. The first-order valence-electron chi connectivity index (χ1n) is 7.06. The average Bonchev–Trinajstić information content (AvgIpc) is 2.46. The maximum Gasteiger partial charge on any atom is 0.211 e. The average molecular weight is 405 g/mol. The Bertz CT molecular complexity index is 914. The minimum Gasteiger partial charge on any atom is -0.744 e. The zero-order valence-corrected chi connectivity index (χ0v) is 16.3. The third-order valence-corrected chi connectivity index (χ3v) is 8.05. The second-order valence-electron chi connectivity index (χ2n) is 5.70. The minimum absolute atomic E-state index is 0.0352. The molecule has 25 heavy (non-hydrogen) atoms. The van der Waals surface area contributed by atoms with Crippen LogP contribution in [0.25, 0.3) is 0 Å². The Kier molecular flexibility index (Phi) is 7.48. The molecule has 0 aliphatic carbocycles. The van der Waals surface area contributed by atoms with Crippen molar-refractivity contribution in [3.05, 3.63) is 66.2 Å². The molecule has 0 bridgehead atoms. The second kappa shape index (κ2) is 8.70. The number of hydrogen-bond acceptors (Lipinski definition) is 6. The molecule has 0 radical (unpaired) electrons. The van der Waals surface area contributed by atoms with Crippen LogP contribution in [0.4, 0.5) is 0 Å². The lowest BCUT2D eigenvalue weighted by atomic mass is 10.2. The molecule has 2 aromatic rings. The van der Waals surface area contributed by atoms with Crippen LogP contribution in [-0.2, 0) is 39.8 Å². The topological polar surface area (TPSA) is 108 Å². The van der Waals surface area contributed by atoms with Crippen LogP contribution in [0.5, 0.6) is 0 Å². The van der Waals surface area contributed by atoms with Crippen LogP contribution in [0.1, 0.15) is 5.56 Å². The zero-order chi connectivity index (χ0) is 19.1. The fourth-order valence-electron chi connectivity index (χ4n) is 1.89. The van der Waals surface area contributed by atoms with E-state index in [0.29, 0.717) is 0 Å². The second-order valence-corrected chi connectivity index (χ2v) is 12.7. The highest BCUT2D eigenvalue weighted by Crippen LogP contribution is 2.10.